The smallest absolute Gasteiger partial charge is 0.320 e. The summed E-state index contributed by atoms with van der Waals surface area (Å²) in [6, 6.07) is 2.44. The fourth-order valence-corrected chi connectivity index (χ4v) is 3.43. The first kappa shape index (κ1) is 16.4. The van der Waals surface area contributed by atoms with Gasteiger partial charge in [-0.1, -0.05) is 42.5 Å². The number of benzene rings is 1. The number of nitrogens with one attached hydrogen (secondary N) is 1. The fraction of sp³-hybridized carbons (Fsp3) is 0.533. The molecule has 1 aromatic rings. The fourth-order valence-electron chi connectivity index (χ4n) is 2.90. The lowest BCUT2D eigenvalue weighted by molar-refractivity contribution is -0.141. The van der Waals surface area contributed by atoms with E-state index < -0.39 is 12.0 Å². The Kier molecular flexibility index (Phi) is 5.73. The van der Waals surface area contributed by atoms with Crippen molar-refractivity contribution in [2.24, 2.45) is 5.92 Å². The van der Waals surface area contributed by atoms with Crippen molar-refractivity contribution in [1.29, 1.82) is 0 Å². The topological polar surface area (TPSA) is 69.6 Å². The Morgan fingerprint density at radius 1 is 1.29 bits per heavy atom. The Bertz CT molecular complexity index is 516. The van der Waals surface area contributed by atoms with Gasteiger partial charge in [-0.3, -0.25) is 10.1 Å². The maximum atomic E-state index is 11.5. The van der Waals surface area contributed by atoms with Gasteiger partial charge in [-0.15, -0.1) is 0 Å². The highest BCUT2D eigenvalue weighted by Crippen LogP contribution is 2.32. The van der Waals surface area contributed by atoms with Gasteiger partial charge in [-0.2, -0.15) is 0 Å². The molecule has 0 radical (unpaired) electrons. The molecule has 3 N–H and O–H groups in total. The highest BCUT2D eigenvalue weighted by molar-refractivity contribution is 6.35. The van der Waals surface area contributed by atoms with Crippen molar-refractivity contribution in [2.45, 2.75) is 44.7 Å². The van der Waals surface area contributed by atoms with E-state index in [4.69, 9.17) is 23.2 Å². The number of aliphatic carboxylic acids is 1. The molecule has 1 aliphatic rings. The van der Waals surface area contributed by atoms with Crippen LogP contribution in [0.5, 0.6) is 5.75 Å². The van der Waals surface area contributed by atoms with Crippen LogP contribution in [0.15, 0.2) is 12.1 Å². The molecule has 0 bridgehead atoms. The van der Waals surface area contributed by atoms with Crippen LogP contribution in [0.4, 0.5) is 0 Å². The van der Waals surface area contributed by atoms with Gasteiger partial charge in [0.25, 0.3) is 0 Å². The minimum atomic E-state index is -0.852. The molecule has 0 unspecified atom stereocenters. The lowest BCUT2D eigenvalue weighted by Crippen LogP contribution is -2.43. The molecule has 6 heteroatoms. The third kappa shape index (κ3) is 4.25. The largest absolute Gasteiger partial charge is 0.506 e. The average molecular weight is 332 g/mol. The molecule has 1 aliphatic carbocycles. The first-order valence-electron chi connectivity index (χ1n) is 7.12. The first-order valence-corrected chi connectivity index (χ1v) is 7.87. The number of hydrogen-bond acceptors (Lipinski definition) is 3. The Morgan fingerprint density at radius 3 is 2.57 bits per heavy atom. The van der Waals surface area contributed by atoms with E-state index in [1.165, 1.54) is 12.5 Å². The average Bonchev–Trinajstić information content (AvgIpc) is 2.45. The maximum Gasteiger partial charge on any atom is 0.320 e. The lowest BCUT2D eigenvalue weighted by Gasteiger charge is -2.28. The van der Waals surface area contributed by atoms with E-state index in [1.807, 2.05) is 0 Å². The molecular weight excluding hydrogens is 313 g/mol. The third-order valence-electron chi connectivity index (χ3n) is 4.01. The number of carbonyl (C=O) groups is 1. The molecule has 0 heterocycles. The summed E-state index contributed by atoms with van der Waals surface area (Å²) in [6.45, 7) is 0.222. The van der Waals surface area contributed by atoms with Crippen molar-refractivity contribution < 1.29 is 15.0 Å². The van der Waals surface area contributed by atoms with Gasteiger partial charge >= 0.3 is 5.97 Å². The first-order chi connectivity index (χ1) is 9.99. The van der Waals surface area contributed by atoms with Gasteiger partial charge in [0.15, 0.2) is 0 Å². The summed E-state index contributed by atoms with van der Waals surface area (Å²) in [5, 5.41) is 22.9. The standard InChI is InChI=1S/C15H19Cl2NO3/c16-11-6-10(14(19)12(17)7-11)8-18-13(15(20)21)9-4-2-1-3-5-9/h6-7,9,13,18-19H,1-5,8H2,(H,20,21)/t13-/m0/s1. The summed E-state index contributed by atoms with van der Waals surface area (Å²) in [4.78, 5) is 11.5. The molecule has 2 rings (SSSR count). The van der Waals surface area contributed by atoms with Crippen LogP contribution >= 0.6 is 23.2 Å². The Labute approximate surface area is 134 Å². The van der Waals surface area contributed by atoms with Gasteiger partial charge in [0, 0.05) is 17.1 Å². The molecule has 0 amide bonds. The summed E-state index contributed by atoms with van der Waals surface area (Å²) >= 11 is 11.8. The Hall–Kier alpha value is -0.970. The number of rotatable bonds is 5. The number of halogens is 2. The number of carboxylic acid groups (broad SMARTS) is 1. The van der Waals surface area contributed by atoms with Crippen molar-refractivity contribution in [3.8, 4) is 5.75 Å². The van der Waals surface area contributed by atoms with Crippen molar-refractivity contribution in [3.63, 3.8) is 0 Å². The van der Waals surface area contributed by atoms with E-state index in [2.05, 4.69) is 5.32 Å². The third-order valence-corrected chi connectivity index (χ3v) is 4.51. The van der Waals surface area contributed by atoms with E-state index in [0.29, 0.717) is 10.6 Å². The number of phenolic OH excluding ortho intramolecular Hbond substituents is 1. The molecule has 0 saturated heterocycles. The van der Waals surface area contributed by atoms with E-state index in [1.54, 1.807) is 6.07 Å². The van der Waals surface area contributed by atoms with Crippen LogP contribution in [-0.4, -0.2) is 22.2 Å². The second-order valence-corrected chi connectivity index (χ2v) is 6.33. The number of phenols is 1. The SMILES string of the molecule is O=C(O)[C@@H](NCc1cc(Cl)cc(Cl)c1O)C1CCCCC1. The van der Waals surface area contributed by atoms with E-state index in [-0.39, 0.29) is 23.2 Å². The van der Waals surface area contributed by atoms with Crippen LogP contribution in [0, 0.1) is 5.92 Å². The molecule has 21 heavy (non-hydrogen) atoms. The predicted octanol–water partition coefficient (Wildman–Crippen LogP) is 3.82. The zero-order chi connectivity index (χ0) is 15.4. The molecule has 1 aromatic carbocycles. The summed E-state index contributed by atoms with van der Waals surface area (Å²) in [5.41, 5.74) is 0.509. The van der Waals surface area contributed by atoms with Gasteiger partial charge in [-0.25, -0.2) is 0 Å². The summed E-state index contributed by atoms with van der Waals surface area (Å²) in [6.07, 6.45) is 5.17. The normalized spacial score (nSPS) is 17.6. The van der Waals surface area contributed by atoms with E-state index in [0.717, 1.165) is 25.7 Å². The minimum absolute atomic E-state index is 0.0543. The molecule has 1 fully saturated rings. The van der Waals surface area contributed by atoms with Gasteiger partial charge in [0.1, 0.15) is 11.8 Å². The van der Waals surface area contributed by atoms with Crippen molar-refractivity contribution in [2.75, 3.05) is 0 Å². The van der Waals surface area contributed by atoms with Crippen molar-refractivity contribution in [3.05, 3.63) is 27.7 Å². The molecule has 1 atom stereocenters. The number of carboxylic acids is 1. The van der Waals surface area contributed by atoms with Gasteiger partial charge < -0.3 is 10.2 Å². The highest BCUT2D eigenvalue weighted by atomic mass is 35.5. The predicted molar refractivity (Wildman–Crippen MR) is 83.0 cm³/mol. The van der Waals surface area contributed by atoms with E-state index >= 15 is 0 Å². The van der Waals surface area contributed by atoms with E-state index in [9.17, 15) is 15.0 Å². The van der Waals surface area contributed by atoms with Crippen LogP contribution in [0.2, 0.25) is 10.0 Å². The molecule has 1 saturated carbocycles. The van der Waals surface area contributed by atoms with Crippen molar-refractivity contribution in [1.82, 2.24) is 5.32 Å². The van der Waals surface area contributed by atoms with Crippen LogP contribution in [0.25, 0.3) is 0 Å². The molecule has 4 nitrogen and oxygen atoms in total. The van der Waals surface area contributed by atoms with Crippen LogP contribution in [-0.2, 0) is 11.3 Å². The second kappa shape index (κ2) is 7.34. The number of aromatic hydroxyl groups is 1. The zero-order valence-electron chi connectivity index (χ0n) is 11.6. The van der Waals surface area contributed by atoms with Gasteiger partial charge in [-0.05, 0) is 30.9 Å². The van der Waals surface area contributed by atoms with Gasteiger partial charge in [0.2, 0.25) is 0 Å². The molecule has 0 aliphatic heterocycles. The molecule has 0 aromatic heterocycles. The van der Waals surface area contributed by atoms with Crippen molar-refractivity contribution >= 4 is 29.2 Å². The molecule has 0 spiro atoms. The minimum Gasteiger partial charge on any atom is -0.506 e. The summed E-state index contributed by atoms with van der Waals surface area (Å²) in [5.74, 6) is -0.774. The monoisotopic (exact) mass is 331 g/mol. The summed E-state index contributed by atoms with van der Waals surface area (Å²) in [7, 11) is 0. The highest BCUT2D eigenvalue weighted by Gasteiger charge is 2.29. The lowest BCUT2D eigenvalue weighted by atomic mass is 9.84. The summed E-state index contributed by atoms with van der Waals surface area (Å²) < 4.78 is 0. The quantitative estimate of drug-likeness (QED) is 0.767. The van der Waals surface area contributed by atoms with Crippen LogP contribution < -0.4 is 5.32 Å². The number of hydrogen-bond donors (Lipinski definition) is 3. The Balaban J connectivity index is 2.06. The molecule has 116 valence electrons. The van der Waals surface area contributed by atoms with Crippen LogP contribution in [0.3, 0.4) is 0 Å². The second-order valence-electron chi connectivity index (χ2n) is 5.49. The zero-order valence-corrected chi connectivity index (χ0v) is 13.1. The Morgan fingerprint density at radius 2 is 1.95 bits per heavy atom. The van der Waals surface area contributed by atoms with Gasteiger partial charge in [0.05, 0.1) is 5.02 Å². The maximum absolute atomic E-state index is 11.5. The molecular formula is C15H19Cl2NO3. The van der Waals surface area contributed by atoms with Crippen LogP contribution in [0.1, 0.15) is 37.7 Å².